The normalized spacial score (nSPS) is 20.3. The monoisotopic (exact) mass is 309 g/mol. The average molecular weight is 309 g/mol. The highest BCUT2D eigenvalue weighted by atomic mass is 16.2. The van der Waals surface area contributed by atoms with Gasteiger partial charge in [0.25, 0.3) is 0 Å². The first-order valence-electron chi connectivity index (χ1n) is 7.98. The van der Waals surface area contributed by atoms with Gasteiger partial charge in [-0.25, -0.2) is 19.3 Å². The summed E-state index contributed by atoms with van der Waals surface area (Å²) in [6.45, 7) is 4.75. The molecule has 0 saturated heterocycles. The second-order valence-corrected chi connectivity index (χ2v) is 5.59. The minimum absolute atomic E-state index is 0.0568. The molecule has 2 aromatic rings. The topological polar surface area (TPSA) is 47.2 Å². The van der Waals surface area contributed by atoms with Crippen molar-refractivity contribution in [1.29, 1.82) is 0 Å². The van der Waals surface area contributed by atoms with Crippen molar-refractivity contribution in [2.24, 2.45) is 4.99 Å². The summed E-state index contributed by atoms with van der Waals surface area (Å²) >= 11 is 0. The minimum atomic E-state index is -0.0568. The van der Waals surface area contributed by atoms with Crippen LogP contribution in [0.2, 0.25) is 0 Å². The van der Waals surface area contributed by atoms with E-state index in [1.54, 1.807) is 25.1 Å². The maximum atomic E-state index is 13.2. The van der Waals surface area contributed by atoms with Crippen LogP contribution in [0.3, 0.4) is 0 Å². The second-order valence-electron chi connectivity index (χ2n) is 5.59. The molecule has 0 N–H and O–H groups in total. The first-order valence-corrected chi connectivity index (χ1v) is 7.98. The van der Waals surface area contributed by atoms with Crippen LogP contribution in [-0.4, -0.2) is 32.9 Å². The Hall–Kier alpha value is -2.53. The van der Waals surface area contributed by atoms with Crippen LogP contribution in [0.1, 0.15) is 32.3 Å². The van der Waals surface area contributed by atoms with Crippen LogP contribution in [0.15, 0.2) is 59.7 Å². The molecule has 0 radical (unpaired) electrons. The standard InChI is InChI=1S/C18H21N4O/c1-3-8-16-17(15-9-6-5-7-10-15)22(4-2,14-20-16)18(23)21-12-11-19-13-21/h5-7,9-14H,3-4,8H2,1-2H3/q+1. The highest BCUT2D eigenvalue weighted by Gasteiger charge is 2.46. The molecule has 5 nitrogen and oxygen atoms in total. The van der Waals surface area contributed by atoms with E-state index in [2.05, 4.69) is 16.9 Å². The van der Waals surface area contributed by atoms with Crippen LogP contribution in [0, 0.1) is 0 Å². The fraction of sp³-hybridized carbons (Fsp3) is 0.278. The molecule has 0 bridgehead atoms. The van der Waals surface area contributed by atoms with Gasteiger partial charge in [-0.15, -0.1) is 0 Å². The van der Waals surface area contributed by atoms with Crippen molar-refractivity contribution in [3.63, 3.8) is 0 Å². The molecule has 1 aliphatic rings. The Labute approximate surface area is 136 Å². The Bertz CT molecular complexity index is 747. The smallest absolute Gasteiger partial charge is 0.245 e. The SMILES string of the molecule is CCCC1=C(c2ccccc2)[N+](CC)(C(=O)n2ccnc2)C=N1. The van der Waals surface area contributed by atoms with Crippen LogP contribution in [0.4, 0.5) is 4.79 Å². The predicted octanol–water partition coefficient (Wildman–Crippen LogP) is 3.90. The highest BCUT2D eigenvalue weighted by molar-refractivity contribution is 5.89. The van der Waals surface area contributed by atoms with E-state index in [0.29, 0.717) is 6.54 Å². The van der Waals surface area contributed by atoms with Gasteiger partial charge in [0.05, 0.1) is 6.54 Å². The van der Waals surface area contributed by atoms with Gasteiger partial charge < -0.3 is 0 Å². The molecule has 1 aromatic heterocycles. The van der Waals surface area contributed by atoms with Crippen LogP contribution >= 0.6 is 0 Å². The lowest BCUT2D eigenvalue weighted by Gasteiger charge is -2.28. The maximum Gasteiger partial charge on any atom is 0.439 e. The van der Waals surface area contributed by atoms with Crippen LogP contribution in [-0.2, 0) is 0 Å². The largest absolute Gasteiger partial charge is 0.439 e. The fourth-order valence-corrected chi connectivity index (χ4v) is 3.03. The second kappa shape index (κ2) is 6.30. The molecular formula is C18H21N4O+. The summed E-state index contributed by atoms with van der Waals surface area (Å²) in [5.74, 6) is 0. The van der Waals surface area contributed by atoms with Crippen LogP contribution < -0.4 is 0 Å². The Morgan fingerprint density at radius 1 is 1.22 bits per heavy atom. The van der Waals surface area contributed by atoms with Gasteiger partial charge >= 0.3 is 6.03 Å². The third-order valence-electron chi connectivity index (χ3n) is 4.18. The van der Waals surface area contributed by atoms with Gasteiger partial charge in [-0.3, -0.25) is 0 Å². The van der Waals surface area contributed by atoms with Gasteiger partial charge in [0, 0.05) is 18.0 Å². The summed E-state index contributed by atoms with van der Waals surface area (Å²) in [5, 5.41) is 0. The number of imidazole rings is 1. The lowest BCUT2D eigenvalue weighted by Crippen LogP contribution is -2.50. The molecule has 118 valence electrons. The molecule has 1 unspecified atom stereocenters. The summed E-state index contributed by atoms with van der Waals surface area (Å²) in [5.41, 5.74) is 3.02. The summed E-state index contributed by atoms with van der Waals surface area (Å²) in [4.78, 5) is 21.8. The van der Waals surface area contributed by atoms with Gasteiger partial charge in [-0.1, -0.05) is 31.5 Å². The zero-order valence-corrected chi connectivity index (χ0v) is 13.5. The van der Waals surface area contributed by atoms with Crippen molar-refractivity contribution in [3.8, 4) is 0 Å². The Kier molecular flexibility index (Phi) is 4.21. The number of allylic oxidation sites excluding steroid dienone is 1. The minimum Gasteiger partial charge on any atom is -0.245 e. The number of quaternary nitrogens is 1. The maximum absolute atomic E-state index is 13.2. The lowest BCUT2D eigenvalue weighted by atomic mass is 10.1. The molecule has 0 saturated carbocycles. The Balaban J connectivity index is 2.16. The van der Waals surface area contributed by atoms with Crippen molar-refractivity contribution in [3.05, 3.63) is 60.3 Å². The van der Waals surface area contributed by atoms with Gasteiger partial charge in [-0.2, -0.15) is 4.48 Å². The number of carbonyl (C=O) groups is 1. The van der Waals surface area contributed by atoms with E-state index in [4.69, 9.17) is 0 Å². The number of nitrogens with zero attached hydrogens (tertiary/aromatic N) is 4. The van der Waals surface area contributed by atoms with Gasteiger partial charge in [0.2, 0.25) is 6.34 Å². The third kappa shape index (κ3) is 2.53. The molecule has 5 heteroatoms. The van der Waals surface area contributed by atoms with Crippen LogP contribution in [0.25, 0.3) is 5.70 Å². The van der Waals surface area contributed by atoms with E-state index in [1.165, 1.54) is 4.57 Å². The molecule has 1 aliphatic heterocycles. The van der Waals surface area contributed by atoms with Crippen LogP contribution in [0.5, 0.6) is 0 Å². The lowest BCUT2D eigenvalue weighted by molar-refractivity contribution is -0.666. The molecular weight excluding hydrogens is 288 g/mol. The van der Waals surface area contributed by atoms with Gasteiger partial charge in [0.15, 0.2) is 5.70 Å². The molecule has 0 aliphatic carbocycles. The van der Waals surface area contributed by atoms with Crippen molar-refractivity contribution < 1.29 is 9.28 Å². The zero-order chi connectivity index (χ0) is 16.3. The number of aromatic nitrogens is 2. The predicted molar refractivity (Wildman–Crippen MR) is 90.6 cm³/mol. The van der Waals surface area contributed by atoms with Gasteiger partial charge in [-0.05, 0) is 25.5 Å². The number of amides is 1. The summed E-state index contributed by atoms with van der Waals surface area (Å²) in [6.07, 6.45) is 8.48. The van der Waals surface area contributed by atoms with Gasteiger partial charge in [0.1, 0.15) is 12.0 Å². The zero-order valence-electron chi connectivity index (χ0n) is 13.5. The molecule has 23 heavy (non-hydrogen) atoms. The molecule has 1 amide bonds. The average Bonchev–Trinajstić information content (AvgIpc) is 3.24. The fourth-order valence-electron chi connectivity index (χ4n) is 3.03. The summed E-state index contributed by atoms with van der Waals surface area (Å²) < 4.78 is 1.63. The quantitative estimate of drug-likeness (QED) is 0.804. The van der Waals surface area contributed by atoms with E-state index in [1.807, 2.05) is 37.3 Å². The van der Waals surface area contributed by atoms with E-state index < -0.39 is 0 Å². The molecule has 2 heterocycles. The van der Waals surface area contributed by atoms with E-state index >= 15 is 0 Å². The number of hydrogen-bond acceptors (Lipinski definition) is 3. The molecule has 1 atom stereocenters. The Morgan fingerprint density at radius 2 is 2.00 bits per heavy atom. The van der Waals surface area contributed by atoms with E-state index in [0.717, 1.165) is 29.8 Å². The third-order valence-corrected chi connectivity index (χ3v) is 4.18. The number of benzene rings is 1. The Morgan fingerprint density at radius 3 is 2.61 bits per heavy atom. The molecule has 0 spiro atoms. The summed E-state index contributed by atoms with van der Waals surface area (Å²) in [7, 11) is 0. The first-order chi connectivity index (χ1) is 11.2. The van der Waals surface area contributed by atoms with E-state index in [9.17, 15) is 4.79 Å². The first kappa shape index (κ1) is 15.4. The number of aliphatic imine (C=N–C) groups is 1. The highest BCUT2D eigenvalue weighted by Crippen LogP contribution is 2.37. The number of hydrogen-bond donors (Lipinski definition) is 0. The van der Waals surface area contributed by atoms with E-state index in [-0.39, 0.29) is 10.5 Å². The molecule has 0 fully saturated rings. The van der Waals surface area contributed by atoms with Crippen molar-refractivity contribution in [1.82, 2.24) is 9.55 Å². The number of rotatable bonds is 4. The summed E-state index contributed by atoms with van der Waals surface area (Å²) in [6, 6.07) is 10.0. The molecule has 3 rings (SSSR count). The van der Waals surface area contributed by atoms with Crippen molar-refractivity contribution in [2.45, 2.75) is 26.7 Å². The molecule has 1 aromatic carbocycles. The van der Waals surface area contributed by atoms with Crippen molar-refractivity contribution >= 4 is 18.1 Å². The number of carbonyl (C=O) groups excluding carboxylic acids is 1. The van der Waals surface area contributed by atoms with Crippen molar-refractivity contribution in [2.75, 3.05) is 6.54 Å².